The van der Waals surface area contributed by atoms with Gasteiger partial charge in [-0.1, -0.05) is 12.1 Å². The smallest absolute Gasteiger partial charge is 0.303 e. The lowest BCUT2D eigenvalue weighted by Gasteiger charge is -2.52. The monoisotopic (exact) mass is 898 g/mol. The number of carbonyl (C=O) groups excluding carboxylic acids is 8. The van der Waals surface area contributed by atoms with Crippen molar-refractivity contribution in [2.75, 3.05) is 13.2 Å². The SMILES string of the molecule is CC(=O)OC[C@H]1O[C@@]2(CCc3cc(-c4ccc5c(c4)CC[C@]4(O5)O[C@H](COC(C)=O)[C@@H](OC(C)=O)[C@H](OC(C)=O)[C@@H]4OC(C)=O)ccc3O2)[C@@H](OC(C)=O)[C@@H](OC(C)=O)[C@@H]1OC(C)=O. The molecule has 0 N–H and O–H groups in total. The molecule has 4 aliphatic rings. The zero-order chi connectivity index (χ0) is 46.7. The number of aryl methyl sites for hydroxylation is 2. The second-order valence-electron chi connectivity index (χ2n) is 15.7. The standard InChI is InChI=1S/C44H50O20/c1-21(45)53-19-35-37(55-23(3)47)39(57-25(5)49)41(59-27(7)51)43(63-35)15-13-31-17-29(9-11-33(31)61-43)30-10-12-34-32(18-30)14-16-44(62-34)42(60-28(8)52)40(58-26(6)50)38(56-24(4)48)36(64-44)20-54-22(2)46/h9-12,17-18,35-42H,13-16,19-20H2,1-8H3/t35-,36-,37-,38-,39+,40+,41+,42+,43+,44+/m1/s1. The van der Waals surface area contributed by atoms with Gasteiger partial charge in [-0.25, -0.2) is 0 Å². The summed E-state index contributed by atoms with van der Waals surface area (Å²) in [4.78, 5) is 98.0. The van der Waals surface area contributed by atoms with Gasteiger partial charge in [0.15, 0.2) is 24.4 Å². The van der Waals surface area contributed by atoms with Gasteiger partial charge in [0.2, 0.25) is 12.2 Å². The van der Waals surface area contributed by atoms with Crippen molar-refractivity contribution in [1.82, 2.24) is 0 Å². The summed E-state index contributed by atoms with van der Waals surface area (Å²) in [5.74, 6) is -8.75. The van der Waals surface area contributed by atoms with E-state index in [9.17, 15) is 38.4 Å². The third kappa shape index (κ3) is 10.6. The Morgan fingerprint density at radius 2 is 0.797 bits per heavy atom. The number of hydrogen-bond donors (Lipinski definition) is 0. The highest BCUT2D eigenvalue weighted by atomic mass is 16.8. The van der Waals surface area contributed by atoms with Crippen LogP contribution in [0.15, 0.2) is 36.4 Å². The van der Waals surface area contributed by atoms with Crippen molar-refractivity contribution in [3.8, 4) is 22.6 Å². The molecule has 4 heterocycles. The Morgan fingerprint density at radius 1 is 0.469 bits per heavy atom. The van der Waals surface area contributed by atoms with Crippen LogP contribution in [0.1, 0.15) is 79.4 Å². The number of fused-ring (bicyclic) bond motifs is 2. The first-order chi connectivity index (χ1) is 30.2. The van der Waals surface area contributed by atoms with Gasteiger partial charge in [-0.05, 0) is 59.4 Å². The highest BCUT2D eigenvalue weighted by Crippen LogP contribution is 2.47. The van der Waals surface area contributed by atoms with E-state index in [4.69, 9.17) is 56.8 Å². The summed E-state index contributed by atoms with van der Waals surface area (Å²) in [7, 11) is 0. The molecular formula is C44H50O20. The molecule has 2 fully saturated rings. The summed E-state index contributed by atoms with van der Waals surface area (Å²) >= 11 is 0. The largest absolute Gasteiger partial charge is 0.463 e. The number of carbonyl (C=O) groups is 8. The summed E-state index contributed by atoms with van der Waals surface area (Å²) in [6.45, 7) is 8.40. The molecule has 0 aliphatic carbocycles. The lowest BCUT2D eigenvalue weighted by atomic mass is 9.85. The van der Waals surface area contributed by atoms with E-state index in [0.717, 1.165) is 63.8 Å². The van der Waals surface area contributed by atoms with Crippen LogP contribution in [0.4, 0.5) is 0 Å². The Labute approximate surface area is 367 Å². The van der Waals surface area contributed by atoms with Gasteiger partial charge in [0.1, 0.15) is 36.9 Å². The molecule has 2 spiro atoms. The summed E-state index contributed by atoms with van der Waals surface area (Å²) in [5.41, 5.74) is 3.02. The molecule has 20 heteroatoms. The van der Waals surface area contributed by atoms with E-state index in [2.05, 4.69) is 0 Å². The highest BCUT2D eigenvalue weighted by Gasteiger charge is 2.64. The van der Waals surface area contributed by atoms with Crippen molar-refractivity contribution >= 4 is 47.8 Å². The molecule has 6 rings (SSSR count). The summed E-state index contributed by atoms with van der Waals surface area (Å²) in [5, 5.41) is 0. The van der Waals surface area contributed by atoms with Crippen LogP contribution in [0.3, 0.4) is 0 Å². The normalized spacial score (nSPS) is 28.9. The summed E-state index contributed by atoms with van der Waals surface area (Å²) < 4.78 is 70.1. The van der Waals surface area contributed by atoms with Crippen LogP contribution in [0.2, 0.25) is 0 Å². The average molecular weight is 899 g/mol. The van der Waals surface area contributed by atoms with Gasteiger partial charge in [0.05, 0.1) is 0 Å². The number of esters is 8. The minimum Gasteiger partial charge on any atom is -0.463 e. The summed E-state index contributed by atoms with van der Waals surface area (Å²) in [6.07, 6.45) is -10.1. The Kier molecular flexibility index (Phi) is 14.2. The minimum absolute atomic E-state index is 0.0528. The summed E-state index contributed by atoms with van der Waals surface area (Å²) in [6, 6.07) is 10.8. The molecule has 0 unspecified atom stereocenters. The minimum atomic E-state index is -1.78. The van der Waals surface area contributed by atoms with Gasteiger partial charge < -0.3 is 56.8 Å². The van der Waals surface area contributed by atoms with Crippen LogP contribution in [0, 0.1) is 0 Å². The molecule has 346 valence electrons. The molecule has 0 radical (unpaired) electrons. The van der Waals surface area contributed by atoms with Crippen LogP contribution in [0.5, 0.6) is 11.5 Å². The highest BCUT2D eigenvalue weighted by molar-refractivity contribution is 5.71. The van der Waals surface area contributed by atoms with E-state index in [1.807, 2.05) is 12.1 Å². The number of ether oxygens (including phenoxy) is 12. The van der Waals surface area contributed by atoms with E-state index in [1.54, 1.807) is 24.3 Å². The van der Waals surface area contributed by atoms with Gasteiger partial charge in [-0.3, -0.25) is 38.4 Å². The van der Waals surface area contributed by atoms with Crippen molar-refractivity contribution in [2.45, 2.75) is 141 Å². The van der Waals surface area contributed by atoms with Crippen molar-refractivity contribution in [1.29, 1.82) is 0 Å². The molecule has 4 aliphatic heterocycles. The second kappa shape index (κ2) is 19.2. The fourth-order valence-corrected chi connectivity index (χ4v) is 8.45. The molecular weight excluding hydrogens is 848 g/mol. The molecule has 0 saturated carbocycles. The first kappa shape index (κ1) is 47.2. The Balaban J connectivity index is 1.31. The van der Waals surface area contributed by atoms with E-state index < -0.39 is 121 Å². The van der Waals surface area contributed by atoms with E-state index in [1.165, 1.54) is 13.8 Å². The number of rotatable bonds is 11. The van der Waals surface area contributed by atoms with Crippen LogP contribution in [0.25, 0.3) is 11.1 Å². The van der Waals surface area contributed by atoms with Crippen LogP contribution < -0.4 is 9.47 Å². The maximum atomic E-state index is 12.5. The maximum Gasteiger partial charge on any atom is 0.303 e. The predicted octanol–water partition coefficient (Wildman–Crippen LogP) is 2.91. The van der Waals surface area contributed by atoms with Crippen molar-refractivity contribution in [3.05, 3.63) is 47.5 Å². The maximum absolute atomic E-state index is 12.5. The van der Waals surface area contributed by atoms with E-state index >= 15 is 0 Å². The number of hydrogen-bond acceptors (Lipinski definition) is 20. The third-order valence-electron chi connectivity index (χ3n) is 10.7. The van der Waals surface area contributed by atoms with Gasteiger partial charge >= 0.3 is 47.8 Å². The van der Waals surface area contributed by atoms with Crippen LogP contribution >= 0.6 is 0 Å². The van der Waals surface area contributed by atoms with Gasteiger partial charge in [0.25, 0.3) is 11.6 Å². The van der Waals surface area contributed by atoms with Gasteiger partial charge in [-0.15, -0.1) is 0 Å². The molecule has 2 aromatic carbocycles. The molecule has 2 aromatic rings. The molecule has 10 atom stereocenters. The number of benzene rings is 2. The Bertz CT molecular complexity index is 2030. The third-order valence-corrected chi connectivity index (χ3v) is 10.7. The van der Waals surface area contributed by atoms with Crippen molar-refractivity contribution < 1.29 is 95.2 Å². The molecule has 0 aromatic heterocycles. The van der Waals surface area contributed by atoms with Crippen LogP contribution in [-0.4, -0.2) is 121 Å². The van der Waals surface area contributed by atoms with E-state index in [-0.39, 0.29) is 12.8 Å². The quantitative estimate of drug-likeness (QED) is 0.232. The van der Waals surface area contributed by atoms with Gasteiger partial charge in [0, 0.05) is 68.2 Å². The Hall–Kier alpha value is -6.28. The lowest BCUT2D eigenvalue weighted by Crippen LogP contribution is -2.70. The zero-order valence-corrected chi connectivity index (χ0v) is 36.5. The fraction of sp³-hybridized carbons (Fsp3) is 0.545. The molecule has 0 bridgehead atoms. The molecule has 20 nitrogen and oxygen atoms in total. The lowest BCUT2D eigenvalue weighted by molar-refractivity contribution is -0.345. The predicted molar refractivity (Wildman–Crippen MR) is 212 cm³/mol. The molecule has 64 heavy (non-hydrogen) atoms. The van der Waals surface area contributed by atoms with Crippen LogP contribution in [-0.2, 0) is 98.6 Å². The zero-order valence-electron chi connectivity index (χ0n) is 36.5. The molecule has 2 saturated heterocycles. The first-order valence-corrected chi connectivity index (χ1v) is 20.5. The molecule has 0 amide bonds. The van der Waals surface area contributed by atoms with Crippen molar-refractivity contribution in [2.24, 2.45) is 0 Å². The Morgan fingerprint density at radius 3 is 1.11 bits per heavy atom. The van der Waals surface area contributed by atoms with Gasteiger partial charge in [-0.2, -0.15) is 0 Å². The average Bonchev–Trinajstić information content (AvgIpc) is 3.20. The fourth-order valence-electron chi connectivity index (χ4n) is 8.45. The first-order valence-electron chi connectivity index (χ1n) is 20.5. The van der Waals surface area contributed by atoms with Crippen molar-refractivity contribution in [3.63, 3.8) is 0 Å². The topological polar surface area (TPSA) is 247 Å². The second-order valence-corrected chi connectivity index (χ2v) is 15.7. The van der Waals surface area contributed by atoms with E-state index in [0.29, 0.717) is 24.3 Å².